The quantitative estimate of drug-likeness (QED) is 0.940. The summed E-state index contributed by atoms with van der Waals surface area (Å²) < 4.78 is 37.3. The molecule has 0 saturated carbocycles. The highest BCUT2D eigenvalue weighted by molar-refractivity contribution is 7.90. The summed E-state index contributed by atoms with van der Waals surface area (Å²) in [6, 6.07) is 10.1. The standard InChI is InChI=1S/C14H12FNO3S/c1-20(18,19)12-8-3-2-5-9(12)10-6-4-7-11(15)13(10)14(16)17/h2-8H,1H3,(H2,16,17). The highest BCUT2D eigenvalue weighted by Gasteiger charge is 2.20. The van der Waals surface area contributed by atoms with Crippen LogP contribution in [0.4, 0.5) is 4.39 Å². The number of hydrogen-bond acceptors (Lipinski definition) is 3. The van der Waals surface area contributed by atoms with Gasteiger partial charge in [0.1, 0.15) is 5.82 Å². The normalized spacial score (nSPS) is 11.3. The lowest BCUT2D eigenvalue weighted by atomic mass is 9.99. The third kappa shape index (κ3) is 2.55. The van der Waals surface area contributed by atoms with Crippen molar-refractivity contribution < 1.29 is 17.6 Å². The number of amides is 1. The van der Waals surface area contributed by atoms with Gasteiger partial charge >= 0.3 is 0 Å². The van der Waals surface area contributed by atoms with Crippen LogP contribution in [0.3, 0.4) is 0 Å². The third-order valence-corrected chi connectivity index (χ3v) is 3.99. The van der Waals surface area contributed by atoms with Crippen molar-refractivity contribution in [1.82, 2.24) is 0 Å². The van der Waals surface area contributed by atoms with Crippen LogP contribution in [-0.2, 0) is 9.84 Å². The summed E-state index contributed by atoms with van der Waals surface area (Å²) in [5.74, 6) is -1.72. The molecular formula is C14H12FNO3S. The molecule has 0 spiro atoms. The molecular weight excluding hydrogens is 281 g/mol. The van der Waals surface area contributed by atoms with E-state index in [0.29, 0.717) is 0 Å². The lowest BCUT2D eigenvalue weighted by Crippen LogP contribution is -2.15. The fraction of sp³-hybridized carbons (Fsp3) is 0.0714. The lowest BCUT2D eigenvalue weighted by Gasteiger charge is -2.11. The second-order valence-corrected chi connectivity index (χ2v) is 6.28. The summed E-state index contributed by atoms with van der Waals surface area (Å²) in [5, 5.41) is 0. The van der Waals surface area contributed by atoms with Crippen molar-refractivity contribution in [3.8, 4) is 11.1 Å². The van der Waals surface area contributed by atoms with E-state index in [9.17, 15) is 17.6 Å². The first kappa shape index (κ1) is 14.2. The number of carbonyl (C=O) groups excluding carboxylic acids is 1. The molecule has 0 fully saturated rings. The Hall–Kier alpha value is -2.21. The van der Waals surface area contributed by atoms with Crippen LogP contribution in [0.5, 0.6) is 0 Å². The minimum Gasteiger partial charge on any atom is -0.365 e. The first-order valence-corrected chi connectivity index (χ1v) is 7.59. The van der Waals surface area contributed by atoms with E-state index in [1.807, 2.05) is 0 Å². The maximum Gasteiger partial charge on any atom is 0.252 e. The zero-order valence-corrected chi connectivity index (χ0v) is 11.4. The molecule has 0 aliphatic rings. The minimum absolute atomic E-state index is 0.0214. The number of halogens is 1. The van der Waals surface area contributed by atoms with Gasteiger partial charge in [0.05, 0.1) is 10.5 Å². The SMILES string of the molecule is CS(=O)(=O)c1ccccc1-c1cccc(F)c1C(N)=O. The van der Waals surface area contributed by atoms with Crippen LogP contribution in [0.1, 0.15) is 10.4 Å². The molecule has 2 aromatic carbocycles. The van der Waals surface area contributed by atoms with E-state index in [1.54, 1.807) is 12.1 Å². The molecule has 0 aromatic heterocycles. The molecule has 1 amide bonds. The van der Waals surface area contributed by atoms with Crippen molar-refractivity contribution in [1.29, 1.82) is 0 Å². The van der Waals surface area contributed by atoms with Gasteiger partial charge in [-0.05, 0) is 17.7 Å². The fourth-order valence-electron chi connectivity index (χ4n) is 2.01. The molecule has 2 rings (SSSR count). The number of hydrogen-bond donors (Lipinski definition) is 1. The number of rotatable bonds is 3. The smallest absolute Gasteiger partial charge is 0.252 e. The predicted octanol–water partition coefficient (Wildman–Crippen LogP) is 2.00. The zero-order valence-electron chi connectivity index (χ0n) is 10.6. The second-order valence-electron chi connectivity index (χ2n) is 4.29. The van der Waals surface area contributed by atoms with E-state index in [-0.39, 0.29) is 21.6 Å². The van der Waals surface area contributed by atoms with Crippen LogP contribution in [0.15, 0.2) is 47.4 Å². The molecule has 0 unspecified atom stereocenters. The Morgan fingerprint density at radius 1 is 1.05 bits per heavy atom. The monoisotopic (exact) mass is 293 g/mol. The van der Waals surface area contributed by atoms with Crippen LogP contribution in [-0.4, -0.2) is 20.6 Å². The lowest BCUT2D eigenvalue weighted by molar-refractivity contribution is 0.0997. The van der Waals surface area contributed by atoms with Crippen molar-refractivity contribution in [2.75, 3.05) is 6.26 Å². The molecule has 0 bridgehead atoms. The summed E-state index contributed by atoms with van der Waals surface area (Å²) in [6.07, 6.45) is 1.05. The molecule has 20 heavy (non-hydrogen) atoms. The van der Waals surface area contributed by atoms with Crippen molar-refractivity contribution in [3.05, 3.63) is 53.8 Å². The number of carbonyl (C=O) groups is 1. The van der Waals surface area contributed by atoms with E-state index < -0.39 is 21.6 Å². The van der Waals surface area contributed by atoms with E-state index in [2.05, 4.69) is 0 Å². The van der Waals surface area contributed by atoms with Gasteiger partial charge in [-0.15, -0.1) is 0 Å². The molecule has 2 aromatic rings. The molecule has 0 radical (unpaired) electrons. The molecule has 6 heteroatoms. The Kier molecular flexibility index (Phi) is 3.59. The minimum atomic E-state index is -3.51. The van der Waals surface area contributed by atoms with Crippen LogP contribution < -0.4 is 5.73 Å². The first-order chi connectivity index (χ1) is 9.32. The summed E-state index contributed by atoms with van der Waals surface area (Å²) in [7, 11) is -3.51. The summed E-state index contributed by atoms with van der Waals surface area (Å²) in [6.45, 7) is 0. The maximum atomic E-state index is 13.8. The molecule has 0 heterocycles. The first-order valence-electron chi connectivity index (χ1n) is 5.70. The molecule has 104 valence electrons. The molecule has 2 N–H and O–H groups in total. The fourth-order valence-corrected chi connectivity index (χ4v) is 2.91. The van der Waals surface area contributed by atoms with Crippen molar-refractivity contribution in [2.45, 2.75) is 4.90 Å². The molecule has 4 nitrogen and oxygen atoms in total. The van der Waals surface area contributed by atoms with Crippen LogP contribution in [0.25, 0.3) is 11.1 Å². The number of nitrogens with two attached hydrogens (primary N) is 1. The van der Waals surface area contributed by atoms with Gasteiger partial charge < -0.3 is 5.73 Å². The van der Waals surface area contributed by atoms with Crippen molar-refractivity contribution in [2.24, 2.45) is 5.73 Å². The molecule has 0 aliphatic carbocycles. The van der Waals surface area contributed by atoms with Gasteiger partial charge in [0.25, 0.3) is 5.91 Å². The number of sulfone groups is 1. The topological polar surface area (TPSA) is 77.2 Å². The highest BCUT2D eigenvalue weighted by atomic mass is 32.2. The largest absolute Gasteiger partial charge is 0.365 e. The summed E-state index contributed by atoms with van der Waals surface area (Å²) in [4.78, 5) is 11.4. The number of benzene rings is 2. The average molecular weight is 293 g/mol. The Labute approximate surface area is 116 Å². The zero-order chi connectivity index (χ0) is 14.9. The van der Waals surface area contributed by atoms with Gasteiger partial charge in [0, 0.05) is 11.8 Å². The van der Waals surface area contributed by atoms with Crippen molar-refractivity contribution in [3.63, 3.8) is 0 Å². The van der Waals surface area contributed by atoms with Gasteiger partial charge in [-0.2, -0.15) is 0 Å². The van der Waals surface area contributed by atoms with E-state index in [0.717, 1.165) is 12.3 Å². The second kappa shape index (κ2) is 5.05. The predicted molar refractivity (Wildman–Crippen MR) is 73.5 cm³/mol. The molecule has 0 aliphatic heterocycles. The third-order valence-electron chi connectivity index (χ3n) is 2.84. The highest BCUT2D eigenvalue weighted by Crippen LogP contribution is 2.31. The van der Waals surface area contributed by atoms with Crippen molar-refractivity contribution >= 4 is 15.7 Å². The van der Waals surface area contributed by atoms with Crippen LogP contribution in [0.2, 0.25) is 0 Å². The summed E-state index contributed by atoms with van der Waals surface area (Å²) in [5.41, 5.74) is 5.29. The van der Waals surface area contributed by atoms with Gasteiger partial charge in [0.15, 0.2) is 9.84 Å². The Bertz CT molecular complexity index is 785. The number of primary amides is 1. The Balaban J connectivity index is 2.84. The Morgan fingerprint density at radius 3 is 2.25 bits per heavy atom. The summed E-state index contributed by atoms with van der Waals surface area (Å²) >= 11 is 0. The van der Waals surface area contributed by atoms with Gasteiger partial charge in [-0.1, -0.05) is 30.3 Å². The average Bonchev–Trinajstić information content (AvgIpc) is 2.37. The van der Waals surface area contributed by atoms with Gasteiger partial charge in [-0.3, -0.25) is 4.79 Å². The molecule has 0 saturated heterocycles. The van der Waals surface area contributed by atoms with Gasteiger partial charge in [0.2, 0.25) is 0 Å². The molecule has 0 atom stereocenters. The Morgan fingerprint density at radius 2 is 1.65 bits per heavy atom. The van der Waals surface area contributed by atoms with E-state index in [1.165, 1.54) is 24.3 Å². The van der Waals surface area contributed by atoms with Crippen LogP contribution >= 0.6 is 0 Å². The maximum absolute atomic E-state index is 13.8. The van der Waals surface area contributed by atoms with Crippen LogP contribution in [0, 0.1) is 5.82 Å². The van der Waals surface area contributed by atoms with E-state index in [4.69, 9.17) is 5.73 Å². The van der Waals surface area contributed by atoms with E-state index >= 15 is 0 Å². The van der Waals surface area contributed by atoms with Gasteiger partial charge in [-0.25, -0.2) is 12.8 Å².